The maximum Gasteiger partial charge on any atom is 0.306 e. The van der Waals surface area contributed by atoms with E-state index in [1.807, 2.05) is 0 Å². The largest absolute Gasteiger partial charge is 0.462 e. The maximum atomic E-state index is 12.1. The van der Waals surface area contributed by atoms with Crippen molar-refractivity contribution >= 4 is 11.9 Å². The van der Waals surface area contributed by atoms with Crippen LogP contribution in [0.3, 0.4) is 0 Å². The van der Waals surface area contributed by atoms with Crippen molar-refractivity contribution in [3.05, 3.63) is 72.9 Å². The quantitative estimate of drug-likeness (QED) is 0.0471. The molecule has 0 aromatic rings. The summed E-state index contributed by atoms with van der Waals surface area (Å²) in [6.45, 7) is 3.94. The highest BCUT2D eigenvalue weighted by Gasteiger charge is 2.16. The molecule has 0 bridgehead atoms. The van der Waals surface area contributed by atoms with Gasteiger partial charge in [-0.25, -0.2) is 0 Å². The van der Waals surface area contributed by atoms with E-state index < -0.39 is 6.10 Å². The van der Waals surface area contributed by atoms with Crippen LogP contribution < -0.4 is 0 Å². The van der Waals surface area contributed by atoms with E-state index in [9.17, 15) is 14.7 Å². The van der Waals surface area contributed by atoms with Crippen LogP contribution in [-0.4, -0.2) is 36.4 Å². The third-order valence-corrected chi connectivity index (χ3v) is 7.26. The van der Waals surface area contributed by atoms with Gasteiger partial charge in [0.1, 0.15) is 6.61 Å². The fraction of sp³-hybridized carbons (Fsp3) is 0.650. The molecule has 0 amide bonds. The Balaban J connectivity index is 3.67. The van der Waals surface area contributed by atoms with Gasteiger partial charge in [-0.1, -0.05) is 145 Å². The molecule has 5 nitrogen and oxygen atoms in total. The lowest BCUT2D eigenvalue weighted by Crippen LogP contribution is -2.28. The lowest BCUT2D eigenvalue weighted by molar-refractivity contribution is -0.161. The molecule has 0 aliphatic heterocycles. The number of ether oxygens (including phenoxy) is 2. The van der Waals surface area contributed by atoms with Crippen LogP contribution in [0.2, 0.25) is 0 Å². The summed E-state index contributed by atoms with van der Waals surface area (Å²) in [4.78, 5) is 24.1. The Bertz CT molecular complexity index is 849. The SMILES string of the molecule is CC/C=C\C/C=C\C/C=C\C/C=C\C/C=C\C/C=C\CCCCCCC(=O)OC(CO)COC(=O)CCCCCCCCCC. The van der Waals surface area contributed by atoms with E-state index in [1.165, 1.54) is 32.1 Å². The molecule has 0 saturated heterocycles. The van der Waals surface area contributed by atoms with Crippen molar-refractivity contribution in [3.8, 4) is 0 Å². The molecule has 0 spiro atoms. The highest BCUT2D eigenvalue weighted by atomic mass is 16.6. The van der Waals surface area contributed by atoms with E-state index >= 15 is 0 Å². The third kappa shape index (κ3) is 34.1. The van der Waals surface area contributed by atoms with Crippen molar-refractivity contribution in [3.63, 3.8) is 0 Å². The molecule has 0 aliphatic rings. The number of aliphatic hydroxyl groups is 1. The Morgan fingerprint density at radius 1 is 0.533 bits per heavy atom. The van der Waals surface area contributed by atoms with Gasteiger partial charge in [0.25, 0.3) is 0 Å². The average molecular weight is 627 g/mol. The first-order valence-corrected chi connectivity index (χ1v) is 18.0. The Labute approximate surface area is 276 Å². The smallest absolute Gasteiger partial charge is 0.306 e. The number of carbonyl (C=O) groups excluding carboxylic acids is 2. The second-order valence-corrected chi connectivity index (χ2v) is 11.6. The second-order valence-electron chi connectivity index (χ2n) is 11.6. The van der Waals surface area contributed by atoms with Crippen molar-refractivity contribution in [1.29, 1.82) is 0 Å². The molecule has 256 valence electrons. The summed E-state index contributed by atoms with van der Waals surface area (Å²) in [5.74, 6) is -0.632. The predicted octanol–water partition coefficient (Wildman–Crippen LogP) is 11.0. The molecule has 1 unspecified atom stereocenters. The minimum atomic E-state index is -0.784. The summed E-state index contributed by atoms with van der Waals surface area (Å²) in [5, 5.41) is 9.49. The normalized spacial score (nSPS) is 13.0. The molecule has 0 radical (unpaired) electrons. The zero-order chi connectivity index (χ0) is 32.9. The van der Waals surface area contributed by atoms with E-state index in [1.54, 1.807) is 0 Å². The van der Waals surface area contributed by atoms with Crippen molar-refractivity contribution in [2.24, 2.45) is 0 Å². The van der Waals surface area contributed by atoms with Crippen molar-refractivity contribution in [1.82, 2.24) is 0 Å². The fourth-order valence-electron chi connectivity index (χ4n) is 4.55. The van der Waals surface area contributed by atoms with Gasteiger partial charge in [-0.15, -0.1) is 0 Å². The molecule has 1 atom stereocenters. The van der Waals surface area contributed by atoms with Crippen molar-refractivity contribution in [2.45, 2.75) is 155 Å². The highest BCUT2D eigenvalue weighted by Crippen LogP contribution is 2.11. The van der Waals surface area contributed by atoms with E-state index in [0.29, 0.717) is 12.8 Å². The Kier molecular flexibility index (Phi) is 33.7. The summed E-state index contributed by atoms with van der Waals surface area (Å²) in [6, 6.07) is 0. The summed E-state index contributed by atoms with van der Waals surface area (Å²) >= 11 is 0. The first-order valence-electron chi connectivity index (χ1n) is 18.0. The van der Waals surface area contributed by atoms with Crippen LogP contribution in [0.15, 0.2) is 72.9 Å². The Hall–Kier alpha value is -2.66. The van der Waals surface area contributed by atoms with Gasteiger partial charge in [-0.2, -0.15) is 0 Å². The standard InChI is InChI=1S/C40H66O5/c1-3-5-7-9-11-13-14-15-16-17-18-19-20-21-22-23-24-25-26-27-29-31-33-35-40(43)45-38(36-41)37-44-39(42)34-32-30-28-12-10-8-6-4-2/h5,7,11,13,15-16,18-19,21-22,24-25,38,41H,3-4,6,8-10,12,14,17,20,23,26-37H2,1-2H3/b7-5-,13-11-,16-15-,19-18-,22-21-,25-24-. The molecule has 0 aromatic carbocycles. The Morgan fingerprint density at radius 2 is 0.956 bits per heavy atom. The van der Waals surface area contributed by atoms with Gasteiger partial charge >= 0.3 is 11.9 Å². The number of hydrogen-bond acceptors (Lipinski definition) is 5. The van der Waals surface area contributed by atoms with Gasteiger partial charge < -0.3 is 14.6 Å². The van der Waals surface area contributed by atoms with E-state index in [0.717, 1.165) is 89.9 Å². The zero-order valence-electron chi connectivity index (χ0n) is 28.8. The van der Waals surface area contributed by atoms with E-state index in [2.05, 4.69) is 86.8 Å². The summed E-state index contributed by atoms with van der Waals surface area (Å²) in [6.07, 6.45) is 46.8. The maximum absolute atomic E-state index is 12.1. The molecular weight excluding hydrogens is 560 g/mol. The van der Waals surface area contributed by atoms with Gasteiger partial charge in [0.05, 0.1) is 6.61 Å². The monoisotopic (exact) mass is 626 g/mol. The molecule has 45 heavy (non-hydrogen) atoms. The zero-order valence-corrected chi connectivity index (χ0v) is 28.8. The van der Waals surface area contributed by atoms with Gasteiger partial charge in [-0.05, 0) is 64.2 Å². The number of allylic oxidation sites excluding steroid dienone is 12. The van der Waals surface area contributed by atoms with Crippen LogP contribution in [0.25, 0.3) is 0 Å². The molecule has 5 heteroatoms. The Morgan fingerprint density at radius 3 is 1.44 bits per heavy atom. The topological polar surface area (TPSA) is 72.8 Å². The van der Waals surface area contributed by atoms with Crippen LogP contribution in [0.4, 0.5) is 0 Å². The van der Waals surface area contributed by atoms with Crippen LogP contribution in [0, 0.1) is 0 Å². The second kappa shape index (κ2) is 35.8. The van der Waals surface area contributed by atoms with Crippen molar-refractivity contribution < 1.29 is 24.2 Å². The van der Waals surface area contributed by atoms with E-state index in [-0.39, 0.29) is 25.2 Å². The minimum Gasteiger partial charge on any atom is -0.462 e. The highest BCUT2D eigenvalue weighted by molar-refractivity contribution is 5.70. The summed E-state index contributed by atoms with van der Waals surface area (Å²) < 4.78 is 10.5. The third-order valence-electron chi connectivity index (χ3n) is 7.26. The number of carbonyl (C=O) groups is 2. The summed E-state index contributed by atoms with van der Waals surface area (Å²) in [7, 11) is 0. The number of hydrogen-bond donors (Lipinski definition) is 1. The lowest BCUT2D eigenvalue weighted by Gasteiger charge is -2.15. The van der Waals surface area contributed by atoms with Crippen molar-refractivity contribution in [2.75, 3.05) is 13.2 Å². The van der Waals surface area contributed by atoms with Crippen LogP contribution in [0.1, 0.15) is 149 Å². The van der Waals surface area contributed by atoms with Gasteiger partial charge in [0.2, 0.25) is 0 Å². The molecule has 0 saturated carbocycles. The predicted molar refractivity (Wildman–Crippen MR) is 191 cm³/mol. The molecule has 0 aliphatic carbocycles. The fourth-order valence-corrected chi connectivity index (χ4v) is 4.55. The van der Waals surface area contributed by atoms with Gasteiger partial charge in [0, 0.05) is 12.8 Å². The average Bonchev–Trinajstić information content (AvgIpc) is 3.04. The molecule has 0 aromatic heterocycles. The molecule has 0 fully saturated rings. The van der Waals surface area contributed by atoms with Crippen LogP contribution in [-0.2, 0) is 19.1 Å². The first-order chi connectivity index (χ1) is 22.1. The molecular formula is C40H66O5. The summed E-state index contributed by atoms with van der Waals surface area (Å²) in [5.41, 5.74) is 0. The first kappa shape index (κ1) is 42.3. The minimum absolute atomic E-state index is 0.0793. The number of unbranched alkanes of at least 4 members (excludes halogenated alkanes) is 11. The van der Waals surface area contributed by atoms with Gasteiger partial charge in [0.15, 0.2) is 6.10 Å². The van der Waals surface area contributed by atoms with Crippen LogP contribution in [0.5, 0.6) is 0 Å². The van der Waals surface area contributed by atoms with Gasteiger partial charge in [-0.3, -0.25) is 9.59 Å². The number of aliphatic hydroxyl groups excluding tert-OH is 1. The molecule has 0 rings (SSSR count). The molecule has 1 N–H and O–H groups in total. The number of rotatable bonds is 31. The van der Waals surface area contributed by atoms with E-state index in [4.69, 9.17) is 9.47 Å². The number of esters is 2. The molecule has 0 heterocycles. The lowest BCUT2D eigenvalue weighted by atomic mass is 10.1. The van der Waals surface area contributed by atoms with Crippen LogP contribution >= 0.6 is 0 Å².